The van der Waals surface area contributed by atoms with Gasteiger partial charge in [0, 0.05) is 30.1 Å². The number of thiazole rings is 1. The van der Waals surface area contributed by atoms with Crippen LogP contribution in [0.2, 0.25) is 0 Å². The van der Waals surface area contributed by atoms with Crippen molar-refractivity contribution < 1.29 is 8.42 Å². The summed E-state index contributed by atoms with van der Waals surface area (Å²) in [5.74, 6) is 0.193. The molecular formula is C14H25N3O2S2. The van der Waals surface area contributed by atoms with E-state index in [1.807, 2.05) is 6.92 Å². The summed E-state index contributed by atoms with van der Waals surface area (Å²) in [5, 5.41) is 4.70. The normalized spacial score (nSPS) is 19.8. The van der Waals surface area contributed by atoms with Crippen molar-refractivity contribution in [2.75, 3.05) is 18.8 Å². The minimum Gasteiger partial charge on any atom is -0.306 e. The van der Waals surface area contributed by atoms with Crippen LogP contribution in [0, 0.1) is 13.8 Å². The lowest BCUT2D eigenvalue weighted by Crippen LogP contribution is -2.45. The van der Waals surface area contributed by atoms with Crippen molar-refractivity contribution in [3.8, 4) is 0 Å². The molecule has 7 heteroatoms. The van der Waals surface area contributed by atoms with Crippen molar-refractivity contribution >= 4 is 21.4 Å². The minimum absolute atomic E-state index is 0.193. The zero-order chi connectivity index (χ0) is 15.6. The standard InChI is InChI=1S/C14H25N3O2S2/c1-5-21(18,19)17-8-6-13(7-9-17)15-10(2)14-11(3)20-12(4)16-14/h10,13,15H,5-9H2,1-4H3. The Morgan fingerprint density at radius 2 is 2.00 bits per heavy atom. The van der Waals surface area contributed by atoms with Crippen LogP contribution in [0.5, 0.6) is 0 Å². The maximum atomic E-state index is 11.8. The maximum Gasteiger partial charge on any atom is 0.213 e. The van der Waals surface area contributed by atoms with E-state index in [1.54, 1.807) is 22.6 Å². The van der Waals surface area contributed by atoms with Gasteiger partial charge in [0.1, 0.15) is 0 Å². The molecule has 2 rings (SSSR count). The highest BCUT2D eigenvalue weighted by molar-refractivity contribution is 7.89. The first-order valence-electron chi connectivity index (χ1n) is 7.51. The molecule has 0 amide bonds. The summed E-state index contributed by atoms with van der Waals surface area (Å²) in [6.07, 6.45) is 1.73. The van der Waals surface area contributed by atoms with E-state index in [0.717, 1.165) is 23.5 Å². The van der Waals surface area contributed by atoms with Crippen molar-refractivity contribution in [1.29, 1.82) is 0 Å². The fourth-order valence-electron chi connectivity index (χ4n) is 2.86. The summed E-state index contributed by atoms with van der Waals surface area (Å²) in [4.78, 5) is 5.86. The van der Waals surface area contributed by atoms with Crippen molar-refractivity contribution in [3.63, 3.8) is 0 Å². The van der Waals surface area contributed by atoms with Gasteiger partial charge in [-0.2, -0.15) is 0 Å². The van der Waals surface area contributed by atoms with Crippen LogP contribution in [-0.4, -0.2) is 42.6 Å². The van der Waals surface area contributed by atoms with Gasteiger partial charge in [-0.05, 0) is 40.5 Å². The van der Waals surface area contributed by atoms with Gasteiger partial charge in [0.15, 0.2) is 0 Å². The predicted octanol–water partition coefficient (Wildman–Crippen LogP) is 2.22. The molecule has 1 N–H and O–H groups in total. The summed E-state index contributed by atoms with van der Waals surface area (Å²) in [6.45, 7) is 9.22. The van der Waals surface area contributed by atoms with Crippen molar-refractivity contribution in [2.45, 2.75) is 52.6 Å². The van der Waals surface area contributed by atoms with Crippen LogP contribution in [0.15, 0.2) is 0 Å². The number of hydrogen-bond acceptors (Lipinski definition) is 5. The second-order valence-corrected chi connectivity index (χ2v) is 9.30. The lowest BCUT2D eigenvalue weighted by atomic mass is 10.0. The van der Waals surface area contributed by atoms with Crippen LogP contribution >= 0.6 is 11.3 Å². The van der Waals surface area contributed by atoms with E-state index >= 15 is 0 Å². The minimum atomic E-state index is -3.03. The second kappa shape index (κ2) is 6.73. The molecule has 0 bridgehead atoms. The maximum absolute atomic E-state index is 11.8. The van der Waals surface area contributed by atoms with Crippen LogP contribution in [0.4, 0.5) is 0 Å². The van der Waals surface area contributed by atoms with Crippen molar-refractivity contribution in [2.24, 2.45) is 0 Å². The van der Waals surface area contributed by atoms with Crippen molar-refractivity contribution in [1.82, 2.24) is 14.6 Å². The summed E-state index contributed by atoms with van der Waals surface area (Å²) >= 11 is 1.73. The smallest absolute Gasteiger partial charge is 0.213 e. The van der Waals surface area contributed by atoms with Gasteiger partial charge in [0.2, 0.25) is 10.0 Å². The van der Waals surface area contributed by atoms with E-state index in [4.69, 9.17) is 0 Å². The summed E-state index contributed by atoms with van der Waals surface area (Å²) in [6, 6.07) is 0.582. The number of rotatable bonds is 5. The number of hydrogen-bond donors (Lipinski definition) is 1. The zero-order valence-electron chi connectivity index (χ0n) is 13.2. The molecule has 21 heavy (non-hydrogen) atoms. The second-order valence-electron chi connectivity index (χ2n) is 5.64. The molecule has 0 aromatic carbocycles. The lowest BCUT2D eigenvalue weighted by Gasteiger charge is -2.32. The van der Waals surface area contributed by atoms with Gasteiger partial charge in [-0.15, -0.1) is 11.3 Å². The van der Waals surface area contributed by atoms with Crippen LogP contribution in [0.25, 0.3) is 0 Å². The highest BCUT2D eigenvalue weighted by Gasteiger charge is 2.27. The number of aryl methyl sites for hydroxylation is 2. The van der Waals surface area contributed by atoms with Gasteiger partial charge >= 0.3 is 0 Å². The molecule has 120 valence electrons. The molecule has 1 fully saturated rings. The quantitative estimate of drug-likeness (QED) is 0.899. The van der Waals surface area contributed by atoms with Crippen LogP contribution < -0.4 is 5.32 Å². The molecule has 0 saturated carbocycles. The predicted molar refractivity (Wildman–Crippen MR) is 87.2 cm³/mol. The molecule has 1 aromatic heterocycles. The van der Waals surface area contributed by atoms with Crippen molar-refractivity contribution in [3.05, 3.63) is 15.6 Å². The average molecular weight is 332 g/mol. The molecule has 1 aromatic rings. The van der Waals surface area contributed by atoms with Crippen LogP contribution in [0.3, 0.4) is 0 Å². The Kier molecular flexibility index (Phi) is 5.40. The van der Waals surface area contributed by atoms with E-state index in [-0.39, 0.29) is 11.8 Å². The van der Waals surface area contributed by atoms with Crippen LogP contribution in [0.1, 0.15) is 48.3 Å². The molecule has 5 nitrogen and oxygen atoms in total. The molecule has 1 aliphatic rings. The number of sulfonamides is 1. The Balaban J connectivity index is 1.90. The third kappa shape index (κ3) is 4.03. The Morgan fingerprint density at radius 3 is 2.48 bits per heavy atom. The van der Waals surface area contributed by atoms with E-state index in [1.165, 1.54) is 4.88 Å². The Labute approximate surface area is 131 Å². The third-order valence-electron chi connectivity index (χ3n) is 4.05. The topological polar surface area (TPSA) is 62.3 Å². The summed E-state index contributed by atoms with van der Waals surface area (Å²) < 4.78 is 25.3. The first-order chi connectivity index (χ1) is 9.83. The van der Waals surface area contributed by atoms with Gasteiger partial charge in [-0.3, -0.25) is 0 Å². The molecule has 1 saturated heterocycles. The van der Waals surface area contributed by atoms with Crippen LogP contribution in [-0.2, 0) is 10.0 Å². The van der Waals surface area contributed by atoms with E-state index in [2.05, 4.69) is 24.1 Å². The third-order valence-corrected chi connectivity index (χ3v) is 6.83. The fraction of sp³-hybridized carbons (Fsp3) is 0.786. The Bertz CT molecular complexity index is 575. The number of nitrogens with one attached hydrogen (secondary N) is 1. The highest BCUT2D eigenvalue weighted by atomic mass is 32.2. The molecule has 1 atom stereocenters. The number of piperidine rings is 1. The first kappa shape index (κ1) is 16.9. The number of aromatic nitrogens is 1. The molecular weight excluding hydrogens is 306 g/mol. The molecule has 1 aliphatic heterocycles. The highest BCUT2D eigenvalue weighted by Crippen LogP contribution is 2.24. The fourth-order valence-corrected chi connectivity index (χ4v) is 4.91. The van der Waals surface area contributed by atoms with Gasteiger partial charge in [-0.1, -0.05) is 0 Å². The molecule has 2 heterocycles. The van der Waals surface area contributed by atoms with Gasteiger partial charge in [0.05, 0.1) is 16.5 Å². The molecule has 0 aliphatic carbocycles. The number of nitrogens with zero attached hydrogens (tertiary/aromatic N) is 2. The first-order valence-corrected chi connectivity index (χ1v) is 9.94. The van der Waals surface area contributed by atoms with E-state index in [9.17, 15) is 8.42 Å². The zero-order valence-corrected chi connectivity index (χ0v) is 14.9. The summed E-state index contributed by atoms with van der Waals surface area (Å²) in [7, 11) is -3.03. The molecule has 1 unspecified atom stereocenters. The van der Waals surface area contributed by atoms with E-state index in [0.29, 0.717) is 19.1 Å². The summed E-state index contributed by atoms with van der Waals surface area (Å²) in [5.41, 5.74) is 1.13. The lowest BCUT2D eigenvalue weighted by molar-refractivity contribution is 0.276. The average Bonchev–Trinajstić information content (AvgIpc) is 2.78. The van der Waals surface area contributed by atoms with Gasteiger partial charge in [0.25, 0.3) is 0 Å². The molecule has 0 radical (unpaired) electrons. The largest absolute Gasteiger partial charge is 0.306 e. The Morgan fingerprint density at radius 1 is 1.38 bits per heavy atom. The van der Waals surface area contributed by atoms with Gasteiger partial charge < -0.3 is 5.32 Å². The van der Waals surface area contributed by atoms with E-state index < -0.39 is 10.0 Å². The molecule has 0 spiro atoms. The monoisotopic (exact) mass is 331 g/mol. The SMILES string of the molecule is CCS(=O)(=O)N1CCC(NC(C)c2nc(C)sc2C)CC1. The van der Waals surface area contributed by atoms with Gasteiger partial charge in [-0.25, -0.2) is 17.7 Å². The Hall–Kier alpha value is -0.500.